The Balaban J connectivity index is 2.52. The third-order valence-corrected chi connectivity index (χ3v) is 2.81. The molecule has 1 aliphatic carbocycles. The lowest BCUT2D eigenvalue weighted by Gasteiger charge is -2.30. The fraction of sp³-hybridized carbons (Fsp3) is 0.900. The predicted octanol–water partition coefficient (Wildman–Crippen LogP) is 2.10. The number of carbonyl (C=O) groups is 1. The van der Waals surface area contributed by atoms with E-state index >= 15 is 0 Å². The number of hydrogen-bond acceptors (Lipinski definition) is 2. The fourth-order valence-electron chi connectivity index (χ4n) is 1.99. The maximum Gasteiger partial charge on any atom is 0.392 e. The molecule has 1 saturated carbocycles. The summed E-state index contributed by atoms with van der Waals surface area (Å²) < 4.78 is 37.0. The van der Waals surface area contributed by atoms with Crippen LogP contribution < -0.4 is 0 Å². The summed E-state index contributed by atoms with van der Waals surface area (Å²) in [5.74, 6) is -1.86. The molecule has 0 N–H and O–H groups in total. The van der Waals surface area contributed by atoms with E-state index in [0.29, 0.717) is 13.0 Å². The largest absolute Gasteiger partial charge is 0.392 e. The van der Waals surface area contributed by atoms with E-state index in [-0.39, 0.29) is 24.5 Å². The summed E-state index contributed by atoms with van der Waals surface area (Å²) in [6.45, 7) is 0.559. The molecule has 1 rings (SSSR count). The van der Waals surface area contributed by atoms with E-state index < -0.39 is 12.1 Å². The van der Waals surface area contributed by atoms with E-state index in [1.165, 1.54) is 0 Å². The van der Waals surface area contributed by atoms with Gasteiger partial charge in [0.15, 0.2) is 0 Å². The zero-order valence-corrected chi connectivity index (χ0v) is 8.97. The van der Waals surface area contributed by atoms with Crippen molar-refractivity contribution in [3.8, 4) is 0 Å². The number of hydrogen-bond donors (Lipinski definition) is 0. The average Bonchev–Trinajstić information content (AvgIpc) is 2.05. The van der Waals surface area contributed by atoms with Gasteiger partial charge in [0.25, 0.3) is 0 Å². The number of nitrogens with zero attached hydrogens (tertiary/aromatic N) is 1. The van der Waals surface area contributed by atoms with E-state index in [4.69, 9.17) is 0 Å². The molecule has 1 aliphatic rings. The Hall–Kier alpha value is -0.580. The van der Waals surface area contributed by atoms with Crippen molar-refractivity contribution >= 4 is 5.78 Å². The number of ketones is 1. The monoisotopic (exact) mass is 223 g/mol. The maximum absolute atomic E-state index is 12.3. The fourth-order valence-corrected chi connectivity index (χ4v) is 1.99. The van der Waals surface area contributed by atoms with Crippen molar-refractivity contribution in [2.24, 2.45) is 11.8 Å². The Bertz CT molecular complexity index is 237. The first-order valence-corrected chi connectivity index (χ1v) is 5.05. The van der Waals surface area contributed by atoms with E-state index in [2.05, 4.69) is 0 Å². The Morgan fingerprint density at radius 2 is 1.93 bits per heavy atom. The summed E-state index contributed by atoms with van der Waals surface area (Å²) in [6, 6.07) is 0. The highest BCUT2D eigenvalue weighted by Gasteiger charge is 2.44. The van der Waals surface area contributed by atoms with E-state index in [1.54, 1.807) is 0 Å². The minimum Gasteiger partial charge on any atom is -0.309 e. The van der Waals surface area contributed by atoms with Gasteiger partial charge < -0.3 is 4.90 Å². The molecule has 0 radical (unpaired) electrons. The number of carbonyl (C=O) groups excluding carboxylic acids is 1. The van der Waals surface area contributed by atoms with Crippen molar-refractivity contribution in [3.63, 3.8) is 0 Å². The Morgan fingerprint density at radius 3 is 2.33 bits per heavy atom. The van der Waals surface area contributed by atoms with Crippen LogP contribution >= 0.6 is 0 Å². The molecule has 0 heterocycles. The first kappa shape index (κ1) is 12.5. The minimum atomic E-state index is -4.21. The second-order valence-electron chi connectivity index (χ2n) is 4.45. The summed E-state index contributed by atoms with van der Waals surface area (Å²) in [4.78, 5) is 13.3. The number of rotatable bonds is 2. The molecule has 1 fully saturated rings. The van der Waals surface area contributed by atoms with Crippen molar-refractivity contribution in [1.29, 1.82) is 0 Å². The van der Waals surface area contributed by atoms with Gasteiger partial charge in [0, 0.05) is 18.9 Å². The van der Waals surface area contributed by atoms with E-state index in [9.17, 15) is 18.0 Å². The van der Waals surface area contributed by atoms with Gasteiger partial charge in [-0.25, -0.2) is 0 Å². The van der Waals surface area contributed by atoms with Gasteiger partial charge in [-0.1, -0.05) is 0 Å². The normalized spacial score (nSPS) is 28.5. The van der Waals surface area contributed by atoms with Crippen molar-refractivity contribution in [3.05, 3.63) is 0 Å². The van der Waals surface area contributed by atoms with Crippen LogP contribution in [0, 0.1) is 11.8 Å². The highest BCUT2D eigenvalue weighted by Crippen LogP contribution is 2.37. The lowest BCUT2D eigenvalue weighted by atomic mass is 9.80. The van der Waals surface area contributed by atoms with Crippen molar-refractivity contribution < 1.29 is 18.0 Å². The highest BCUT2D eigenvalue weighted by molar-refractivity contribution is 5.82. The number of alkyl halides is 3. The molecule has 0 spiro atoms. The van der Waals surface area contributed by atoms with Crippen molar-refractivity contribution in [2.45, 2.75) is 25.4 Å². The molecule has 0 aromatic rings. The van der Waals surface area contributed by atoms with E-state index in [0.717, 1.165) is 0 Å². The predicted molar refractivity (Wildman–Crippen MR) is 50.4 cm³/mol. The molecule has 88 valence electrons. The Labute approximate surface area is 87.4 Å². The molecule has 2 atom stereocenters. The standard InChI is InChI=1S/C10H16F3NO/c1-14(2)6-7-3-4-8(5-9(7)15)10(11,12)13/h7-8H,3-6H2,1-2H3. The van der Waals surface area contributed by atoms with Crippen LogP contribution in [0.1, 0.15) is 19.3 Å². The maximum atomic E-state index is 12.3. The molecule has 0 bridgehead atoms. The number of Topliss-reactive ketones (excluding diaryl/α,β-unsaturated/α-hetero) is 1. The molecule has 0 amide bonds. The average molecular weight is 223 g/mol. The molecule has 0 saturated heterocycles. The molecule has 15 heavy (non-hydrogen) atoms. The third-order valence-electron chi connectivity index (χ3n) is 2.81. The first-order valence-electron chi connectivity index (χ1n) is 5.05. The molecule has 0 aliphatic heterocycles. The van der Waals surface area contributed by atoms with E-state index in [1.807, 2.05) is 19.0 Å². The topological polar surface area (TPSA) is 20.3 Å². The quantitative estimate of drug-likeness (QED) is 0.714. The van der Waals surface area contributed by atoms with Gasteiger partial charge in [0.2, 0.25) is 0 Å². The molecule has 5 heteroatoms. The zero-order chi connectivity index (χ0) is 11.6. The van der Waals surface area contributed by atoms with Crippen LogP contribution in [0.15, 0.2) is 0 Å². The van der Waals surface area contributed by atoms with Crippen LogP contribution in [0.4, 0.5) is 13.2 Å². The molecular formula is C10H16F3NO. The summed E-state index contributed by atoms with van der Waals surface area (Å²) in [5, 5.41) is 0. The van der Waals surface area contributed by atoms with Gasteiger partial charge in [-0.3, -0.25) is 4.79 Å². The smallest absolute Gasteiger partial charge is 0.309 e. The van der Waals surface area contributed by atoms with Crippen LogP contribution in [-0.4, -0.2) is 37.5 Å². The van der Waals surface area contributed by atoms with Crippen LogP contribution in [0.2, 0.25) is 0 Å². The zero-order valence-electron chi connectivity index (χ0n) is 8.97. The highest BCUT2D eigenvalue weighted by atomic mass is 19.4. The Kier molecular flexibility index (Phi) is 3.76. The third kappa shape index (κ3) is 3.48. The van der Waals surface area contributed by atoms with Gasteiger partial charge in [-0.05, 0) is 26.9 Å². The Morgan fingerprint density at radius 1 is 1.33 bits per heavy atom. The lowest BCUT2D eigenvalue weighted by Crippen LogP contribution is -2.37. The van der Waals surface area contributed by atoms with Crippen molar-refractivity contribution in [1.82, 2.24) is 4.90 Å². The van der Waals surface area contributed by atoms with Gasteiger partial charge in [0.05, 0.1) is 5.92 Å². The van der Waals surface area contributed by atoms with Crippen LogP contribution in [0.5, 0.6) is 0 Å². The molecule has 0 aromatic carbocycles. The summed E-state index contributed by atoms with van der Waals surface area (Å²) in [6.07, 6.45) is -4.09. The lowest BCUT2D eigenvalue weighted by molar-refractivity contribution is -0.186. The molecule has 2 unspecified atom stereocenters. The second-order valence-corrected chi connectivity index (χ2v) is 4.45. The van der Waals surface area contributed by atoms with Gasteiger partial charge in [-0.15, -0.1) is 0 Å². The summed E-state index contributed by atoms with van der Waals surface area (Å²) in [7, 11) is 3.65. The van der Waals surface area contributed by atoms with Gasteiger partial charge in [0.1, 0.15) is 5.78 Å². The van der Waals surface area contributed by atoms with Crippen LogP contribution in [0.25, 0.3) is 0 Å². The van der Waals surface area contributed by atoms with Gasteiger partial charge in [-0.2, -0.15) is 13.2 Å². The molecule has 0 aromatic heterocycles. The van der Waals surface area contributed by atoms with Crippen molar-refractivity contribution in [2.75, 3.05) is 20.6 Å². The molecule has 2 nitrogen and oxygen atoms in total. The summed E-state index contributed by atoms with van der Waals surface area (Å²) in [5.41, 5.74) is 0. The minimum absolute atomic E-state index is 0.0910. The summed E-state index contributed by atoms with van der Waals surface area (Å²) >= 11 is 0. The number of halogens is 3. The first-order chi connectivity index (χ1) is 6.80. The SMILES string of the molecule is CN(C)CC1CCC(C(F)(F)F)CC1=O. The molecular weight excluding hydrogens is 207 g/mol. The second kappa shape index (κ2) is 4.51. The van der Waals surface area contributed by atoms with Gasteiger partial charge >= 0.3 is 6.18 Å². The van der Waals surface area contributed by atoms with Crippen LogP contribution in [0.3, 0.4) is 0 Å². The van der Waals surface area contributed by atoms with Crippen LogP contribution in [-0.2, 0) is 4.79 Å².